The number of primary amides is 1. The van der Waals surface area contributed by atoms with E-state index < -0.39 is 23.9 Å². The van der Waals surface area contributed by atoms with Gasteiger partial charge in [-0.3, -0.25) is 4.79 Å². The minimum absolute atomic E-state index is 0.00491. The zero-order chi connectivity index (χ0) is 34.0. The van der Waals surface area contributed by atoms with Crippen molar-refractivity contribution in [2.75, 3.05) is 26.9 Å². The van der Waals surface area contributed by atoms with Gasteiger partial charge in [-0.1, -0.05) is 53.5 Å². The van der Waals surface area contributed by atoms with Gasteiger partial charge in [-0.15, -0.1) is 0 Å². The second-order valence-corrected chi connectivity index (χ2v) is 11.5. The summed E-state index contributed by atoms with van der Waals surface area (Å²) in [5.74, 6) is -4.46. The summed E-state index contributed by atoms with van der Waals surface area (Å²) in [6.07, 6.45) is -1.11. The highest BCUT2D eigenvalue weighted by molar-refractivity contribution is 6.37. The van der Waals surface area contributed by atoms with E-state index >= 15 is 4.39 Å². The maximum atomic E-state index is 15.9. The van der Waals surface area contributed by atoms with E-state index in [2.05, 4.69) is 5.32 Å². The molecule has 0 heterocycles. The number of halogens is 6. The van der Waals surface area contributed by atoms with Crippen LogP contribution in [0.2, 0.25) is 10.0 Å². The smallest absolute Gasteiger partial charge is 0.488 e. The number of benzene rings is 3. The second-order valence-electron chi connectivity index (χ2n) is 10.6. The molecule has 1 unspecified atom stereocenters. The summed E-state index contributed by atoms with van der Waals surface area (Å²) in [5, 5.41) is 11.5. The van der Waals surface area contributed by atoms with Gasteiger partial charge in [0, 0.05) is 47.8 Å². The molecule has 1 aliphatic rings. The van der Waals surface area contributed by atoms with Gasteiger partial charge in [-0.25, -0.2) is 9.18 Å². The third-order valence-corrected chi connectivity index (χ3v) is 8.12. The van der Waals surface area contributed by atoms with Crippen molar-refractivity contribution in [3.8, 4) is 16.9 Å². The lowest BCUT2D eigenvalue weighted by Crippen LogP contribution is -2.39. The second kappa shape index (κ2) is 16.9. The van der Waals surface area contributed by atoms with Crippen molar-refractivity contribution in [1.82, 2.24) is 5.32 Å². The Hall–Kier alpha value is -3.42. The number of methoxy groups -OCH3 is 1. The molecule has 0 bridgehead atoms. The molecule has 8 nitrogen and oxygen atoms in total. The van der Waals surface area contributed by atoms with Gasteiger partial charge in [0.2, 0.25) is 5.91 Å². The first kappa shape index (κ1) is 37.0. The van der Waals surface area contributed by atoms with Crippen molar-refractivity contribution in [3.05, 3.63) is 87.2 Å². The van der Waals surface area contributed by atoms with E-state index in [0.29, 0.717) is 23.2 Å². The number of nitrogens with one attached hydrogen (secondary N) is 1. The van der Waals surface area contributed by atoms with Crippen LogP contribution in [0.25, 0.3) is 11.1 Å². The summed E-state index contributed by atoms with van der Waals surface area (Å²) in [7, 11) is 1.53. The molecule has 1 aliphatic carbocycles. The lowest BCUT2D eigenvalue weighted by molar-refractivity contribution is -0.192. The third-order valence-electron chi connectivity index (χ3n) is 7.48. The van der Waals surface area contributed by atoms with Crippen LogP contribution < -0.4 is 21.5 Å². The number of hydrogen-bond acceptors (Lipinski definition) is 6. The molecule has 3 aromatic rings. The Balaban J connectivity index is 0.000000738. The molecule has 1 saturated carbocycles. The van der Waals surface area contributed by atoms with Gasteiger partial charge in [0.25, 0.3) is 0 Å². The highest BCUT2D eigenvalue weighted by Gasteiger charge is 2.38. The highest BCUT2D eigenvalue weighted by Crippen LogP contribution is 2.42. The van der Waals surface area contributed by atoms with Crippen LogP contribution in [-0.2, 0) is 9.53 Å². The minimum atomic E-state index is -5.08. The van der Waals surface area contributed by atoms with Crippen molar-refractivity contribution >= 4 is 35.1 Å². The molecule has 0 saturated heterocycles. The molecule has 0 aliphatic heterocycles. The summed E-state index contributed by atoms with van der Waals surface area (Å²) in [6, 6.07) is 16.7. The highest BCUT2D eigenvalue weighted by atomic mass is 35.5. The van der Waals surface area contributed by atoms with Crippen molar-refractivity contribution < 1.29 is 41.7 Å². The third kappa shape index (κ3) is 10.0. The number of carboxylic acids is 1. The fourth-order valence-corrected chi connectivity index (χ4v) is 5.71. The summed E-state index contributed by atoms with van der Waals surface area (Å²) in [5.41, 5.74) is 13.8. The standard InChI is InChI=1S/C30H34Cl2FN3O3.C2HF3O2/c1-38-13-14-39-27-12-11-21(30(35)37)28(29(27)33)23-15-22(25(31)16-26(23)32)24(18-5-3-2-4-6-18)17-36-20-9-7-19(34)8-10-20;3-2(4,5)1(6)7/h2-6,11-12,15-16,19-20,24,36H,7-10,13-14,17,34H2,1H3,(H2,35,37);(H,6,7). The number of amides is 1. The molecule has 1 atom stereocenters. The molecule has 0 radical (unpaired) electrons. The van der Waals surface area contributed by atoms with Crippen LogP contribution in [0.1, 0.15) is 53.1 Å². The molecule has 4 rings (SSSR count). The Labute approximate surface area is 273 Å². The Kier molecular flexibility index (Phi) is 13.6. The fraction of sp³-hybridized carbons (Fsp3) is 0.375. The van der Waals surface area contributed by atoms with Crippen molar-refractivity contribution in [3.63, 3.8) is 0 Å². The van der Waals surface area contributed by atoms with Gasteiger partial charge in [-0.2, -0.15) is 13.2 Å². The number of aliphatic carboxylic acids is 1. The Morgan fingerprint density at radius 3 is 2.22 bits per heavy atom. The summed E-state index contributed by atoms with van der Waals surface area (Å²) >= 11 is 13.4. The van der Waals surface area contributed by atoms with Gasteiger partial charge in [0.15, 0.2) is 11.6 Å². The lowest BCUT2D eigenvalue weighted by Gasteiger charge is -2.29. The van der Waals surface area contributed by atoms with Gasteiger partial charge in [0.1, 0.15) is 6.61 Å². The molecule has 3 aromatic carbocycles. The summed E-state index contributed by atoms with van der Waals surface area (Å²) in [4.78, 5) is 21.2. The Morgan fingerprint density at radius 1 is 1.02 bits per heavy atom. The molecule has 1 amide bonds. The van der Waals surface area contributed by atoms with Crippen LogP contribution in [0, 0.1) is 5.82 Å². The average molecular weight is 689 g/mol. The first-order valence-electron chi connectivity index (χ1n) is 14.3. The van der Waals surface area contributed by atoms with Crippen LogP contribution in [0.3, 0.4) is 0 Å². The number of rotatable bonds is 11. The van der Waals surface area contributed by atoms with Crippen LogP contribution in [-0.4, -0.2) is 62.1 Å². The molecule has 0 spiro atoms. The van der Waals surface area contributed by atoms with Gasteiger partial charge >= 0.3 is 12.1 Å². The van der Waals surface area contributed by atoms with E-state index in [0.717, 1.165) is 36.8 Å². The first-order chi connectivity index (χ1) is 21.7. The molecule has 0 aromatic heterocycles. The number of hydrogen-bond donors (Lipinski definition) is 4. The van der Waals surface area contributed by atoms with Crippen molar-refractivity contribution in [1.29, 1.82) is 0 Å². The Morgan fingerprint density at radius 2 is 1.65 bits per heavy atom. The number of carbonyl (C=O) groups excluding carboxylic acids is 1. The predicted octanol–water partition coefficient (Wildman–Crippen LogP) is 6.55. The number of carbonyl (C=O) groups is 2. The quantitative estimate of drug-likeness (QED) is 0.133. The zero-order valence-electron chi connectivity index (χ0n) is 24.9. The van der Waals surface area contributed by atoms with Crippen LogP contribution in [0.4, 0.5) is 17.6 Å². The van der Waals surface area contributed by atoms with E-state index in [1.54, 1.807) is 12.1 Å². The van der Waals surface area contributed by atoms with Gasteiger partial charge < -0.3 is 31.4 Å². The summed E-state index contributed by atoms with van der Waals surface area (Å²) in [6.45, 7) is 1.02. The SMILES string of the molecule is COCCOc1ccc(C(N)=O)c(-c2cc(C(CNC3CCC(N)CC3)c3ccccc3)c(Cl)cc2Cl)c1F.O=C(O)C(F)(F)F. The molecule has 46 heavy (non-hydrogen) atoms. The van der Waals surface area contributed by atoms with E-state index in [1.807, 2.05) is 30.3 Å². The maximum Gasteiger partial charge on any atom is 0.490 e. The molecular formula is C32H35Cl2F4N3O5. The largest absolute Gasteiger partial charge is 0.490 e. The topological polar surface area (TPSA) is 137 Å². The first-order valence-corrected chi connectivity index (χ1v) is 15.1. The summed E-state index contributed by atoms with van der Waals surface area (Å²) < 4.78 is 58.2. The Bertz CT molecular complexity index is 1490. The zero-order valence-corrected chi connectivity index (χ0v) is 26.4. The normalized spacial score (nSPS) is 17.0. The lowest BCUT2D eigenvalue weighted by atomic mass is 9.87. The predicted molar refractivity (Wildman–Crippen MR) is 168 cm³/mol. The van der Waals surface area contributed by atoms with Crippen LogP contribution >= 0.6 is 23.2 Å². The average Bonchev–Trinajstić information content (AvgIpc) is 3.00. The molecule has 1 fully saturated rings. The number of ether oxygens (including phenoxy) is 2. The minimum Gasteiger partial charge on any atom is -0.488 e. The van der Waals surface area contributed by atoms with E-state index in [-0.39, 0.29) is 47.1 Å². The number of carboxylic acid groups (broad SMARTS) is 1. The van der Waals surface area contributed by atoms with Crippen LogP contribution in [0.15, 0.2) is 54.6 Å². The molecule has 14 heteroatoms. The number of nitrogens with two attached hydrogens (primary N) is 2. The van der Waals surface area contributed by atoms with E-state index in [9.17, 15) is 18.0 Å². The number of alkyl halides is 3. The molecule has 6 N–H and O–H groups in total. The van der Waals surface area contributed by atoms with E-state index in [1.165, 1.54) is 19.2 Å². The molecular weight excluding hydrogens is 653 g/mol. The van der Waals surface area contributed by atoms with Gasteiger partial charge in [-0.05, 0) is 61.1 Å². The fourth-order valence-electron chi connectivity index (χ4n) is 5.10. The van der Waals surface area contributed by atoms with Crippen LogP contribution in [0.5, 0.6) is 5.75 Å². The van der Waals surface area contributed by atoms with Gasteiger partial charge in [0.05, 0.1) is 17.2 Å². The monoisotopic (exact) mass is 687 g/mol. The molecule has 250 valence electrons. The van der Waals surface area contributed by atoms with Crippen molar-refractivity contribution in [2.24, 2.45) is 11.5 Å². The van der Waals surface area contributed by atoms with E-state index in [4.69, 9.17) is 54.0 Å². The van der Waals surface area contributed by atoms with Crippen molar-refractivity contribution in [2.45, 2.75) is 49.9 Å². The maximum absolute atomic E-state index is 15.9.